The molecular weight excluding hydrogens is 483 g/mol. The first kappa shape index (κ1) is 25.2. The fraction of sp³-hybridized carbons (Fsp3) is 0.348. The molecule has 3 rings (SSSR count). The van der Waals surface area contributed by atoms with Crippen LogP contribution < -0.4 is 14.8 Å². The van der Waals surface area contributed by atoms with Crippen LogP contribution >= 0.6 is 35.0 Å². The fourth-order valence-corrected chi connectivity index (χ4v) is 4.27. The zero-order valence-electron chi connectivity index (χ0n) is 18.8. The number of thioether (sulfide) groups is 1. The van der Waals surface area contributed by atoms with Crippen molar-refractivity contribution in [1.29, 1.82) is 0 Å². The highest BCUT2D eigenvalue weighted by Crippen LogP contribution is 2.28. The van der Waals surface area contributed by atoms with Crippen LogP contribution in [0.15, 0.2) is 47.6 Å². The highest BCUT2D eigenvalue weighted by Gasteiger charge is 2.21. The molecule has 3 aromatic rings. The summed E-state index contributed by atoms with van der Waals surface area (Å²) >= 11 is 13.4. The van der Waals surface area contributed by atoms with Crippen LogP contribution in [0.2, 0.25) is 10.0 Å². The Hall–Kier alpha value is -2.42. The summed E-state index contributed by atoms with van der Waals surface area (Å²) in [5.41, 5.74) is 0.512. The minimum atomic E-state index is -0.333. The van der Waals surface area contributed by atoms with Gasteiger partial charge in [0.1, 0.15) is 11.5 Å². The number of hydrogen-bond acceptors (Lipinski definition) is 6. The van der Waals surface area contributed by atoms with Crippen LogP contribution in [0.25, 0.3) is 0 Å². The molecule has 1 unspecified atom stereocenters. The summed E-state index contributed by atoms with van der Waals surface area (Å²) in [6.07, 6.45) is -0.333. The third-order valence-electron chi connectivity index (χ3n) is 4.57. The zero-order valence-corrected chi connectivity index (χ0v) is 21.2. The molecule has 1 atom stereocenters. The van der Waals surface area contributed by atoms with Gasteiger partial charge in [-0.05, 0) is 55.3 Å². The summed E-state index contributed by atoms with van der Waals surface area (Å²) < 4.78 is 13.3. The Balaban J connectivity index is 1.69. The van der Waals surface area contributed by atoms with E-state index in [9.17, 15) is 4.79 Å². The predicted octanol–water partition coefficient (Wildman–Crippen LogP) is 6.12. The predicted molar refractivity (Wildman–Crippen MR) is 133 cm³/mol. The van der Waals surface area contributed by atoms with Crippen LogP contribution in [0.5, 0.6) is 11.5 Å². The molecule has 0 saturated carbocycles. The van der Waals surface area contributed by atoms with Crippen molar-refractivity contribution >= 4 is 46.6 Å². The molecule has 0 spiro atoms. The van der Waals surface area contributed by atoms with Crippen molar-refractivity contribution in [3.63, 3.8) is 0 Å². The molecule has 33 heavy (non-hydrogen) atoms. The van der Waals surface area contributed by atoms with Gasteiger partial charge in [0.15, 0.2) is 17.1 Å². The van der Waals surface area contributed by atoms with Crippen LogP contribution in [0, 0.1) is 5.92 Å². The summed E-state index contributed by atoms with van der Waals surface area (Å²) in [6.45, 7) is 6.85. The van der Waals surface area contributed by atoms with E-state index in [-0.39, 0.29) is 17.8 Å². The number of ether oxygens (including phenoxy) is 2. The molecule has 0 aliphatic heterocycles. The second kappa shape index (κ2) is 11.6. The largest absolute Gasteiger partial charge is 0.497 e. The average Bonchev–Trinajstić information content (AvgIpc) is 3.16. The fourth-order valence-electron chi connectivity index (χ4n) is 3.06. The van der Waals surface area contributed by atoms with Gasteiger partial charge in [-0.15, -0.1) is 10.2 Å². The number of carbonyl (C=O) groups excluding carboxylic acids is 1. The Morgan fingerprint density at radius 3 is 2.42 bits per heavy atom. The number of hydrogen-bond donors (Lipinski definition) is 1. The number of benzene rings is 2. The van der Waals surface area contributed by atoms with E-state index in [1.807, 2.05) is 35.8 Å². The molecule has 0 bridgehead atoms. The Bertz CT molecular complexity index is 1090. The number of rotatable bonds is 10. The zero-order chi connectivity index (χ0) is 24.0. The quantitative estimate of drug-likeness (QED) is 0.332. The maximum Gasteiger partial charge on any atom is 0.234 e. The highest BCUT2D eigenvalue weighted by atomic mass is 35.5. The van der Waals surface area contributed by atoms with Gasteiger partial charge < -0.3 is 19.4 Å². The monoisotopic (exact) mass is 508 g/mol. The van der Waals surface area contributed by atoms with E-state index in [0.29, 0.717) is 44.9 Å². The van der Waals surface area contributed by atoms with Crippen molar-refractivity contribution in [2.24, 2.45) is 5.92 Å². The lowest BCUT2D eigenvalue weighted by Crippen LogP contribution is -2.17. The Morgan fingerprint density at radius 1 is 1.09 bits per heavy atom. The molecule has 0 aliphatic rings. The molecular formula is C23H26Cl2N4O3S. The van der Waals surface area contributed by atoms with E-state index in [2.05, 4.69) is 29.4 Å². The maximum absolute atomic E-state index is 12.5. The number of halogens is 2. The summed E-state index contributed by atoms with van der Waals surface area (Å²) in [4.78, 5) is 12.5. The van der Waals surface area contributed by atoms with Crippen LogP contribution in [-0.2, 0) is 11.3 Å². The lowest BCUT2D eigenvalue weighted by molar-refractivity contribution is -0.113. The summed E-state index contributed by atoms with van der Waals surface area (Å²) in [6, 6.07) is 12.3. The van der Waals surface area contributed by atoms with Crippen molar-refractivity contribution in [3.8, 4) is 11.5 Å². The number of aromatic nitrogens is 3. The van der Waals surface area contributed by atoms with Gasteiger partial charge in [0.05, 0.1) is 23.6 Å². The molecule has 0 fully saturated rings. The third kappa shape index (κ3) is 7.03. The van der Waals surface area contributed by atoms with E-state index < -0.39 is 0 Å². The first-order valence-electron chi connectivity index (χ1n) is 10.4. The SMILES string of the molecule is COc1ccc(OC(C)c2nnc(SCC(=O)Nc3ccc(Cl)cc3Cl)n2CC(C)C)cc1. The lowest BCUT2D eigenvalue weighted by Gasteiger charge is -2.18. The molecule has 1 N–H and O–H groups in total. The molecule has 0 saturated heterocycles. The van der Waals surface area contributed by atoms with Crippen LogP contribution in [0.4, 0.5) is 5.69 Å². The van der Waals surface area contributed by atoms with Crippen molar-refractivity contribution in [2.45, 2.75) is 38.6 Å². The molecule has 1 heterocycles. The lowest BCUT2D eigenvalue weighted by atomic mass is 10.2. The average molecular weight is 509 g/mol. The smallest absolute Gasteiger partial charge is 0.234 e. The van der Waals surface area contributed by atoms with Gasteiger partial charge in [0.25, 0.3) is 0 Å². The Morgan fingerprint density at radius 2 is 1.79 bits per heavy atom. The van der Waals surface area contributed by atoms with Gasteiger partial charge >= 0.3 is 0 Å². The van der Waals surface area contributed by atoms with E-state index in [0.717, 1.165) is 5.75 Å². The van der Waals surface area contributed by atoms with E-state index in [4.69, 9.17) is 32.7 Å². The van der Waals surface area contributed by atoms with Gasteiger partial charge in [-0.1, -0.05) is 48.8 Å². The van der Waals surface area contributed by atoms with Gasteiger partial charge in [0.2, 0.25) is 5.91 Å². The molecule has 0 radical (unpaired) electrons. The number of amides is 1. The summed E-state index contributed by atoms with van der Waals surface area (Å²) in [5, 5.41) is 13.0. The first-order chi connectivity index (χ1) is 15.8. The minimum absolute atomic E-state index is 0.156. The minimum Gasteiger partial charge on any atom is -0.497 e. The highest BCUT2D eigenvalue weighted by molar-refractivity contribution is 7.99. The van der Waals surface area contributed by atoms with E-state index in [1.165, 1.54) is 11.8 Å². The first-order valence-corrected chi connectivity index (χ1v) is 12.1. The molecule has 2 aromatic carbocycles. The van der Waals surface area contributed by atoms with Crippen molar-refractivity contribution in [2.75, 3.05) is 18.2 Å². The third-order valence-corrected chi connectivity index (χ3v) is 6.08. The van der Waals surface area contributed by atoms with E-state index in [1.54, 1.807) is 25.3 Å². The van der Waals surface area contributed by atoms with Crippen molar-refractivity contribution in [3.05, 3.63) is 58.3 Å². The van der Waals surface area contributed by atoms with Crippen molar-refractivity contribution in [1.82, 2.24) is 14.8 Å². The number of nitrogens with one attached hydrogen (secondary N) is 1. The number of nitrogens with zero attached hydrogens (tertiary/aromatic N) is 3. The maximum atomic E-state index is 12.5. The molecule has 1 aromatic heterocycles. The van der Waals surface area contributed by atoms with Gasteiger partial charge in [-0.3, -0.25) is 4.79 Å². The Kier molecular flexibility index (Phi) is 8.88. The standard InChI is InChI=1S/C23H26Cl2N4O3S/c1-14(2)12-29-22(15(3)32-18-8-6-17(31-4)7-9-18)27-28-23(29)33-13-21(30)26-20-10-5-16(24)11-19(20)25/h5-11,14-15H,12-13H2,1-4H3,(H,26,30). The number of methoxy groups -OCH3 is 1. The van der Waals surface area contributed by atoms with Crippen LogP contribution in [-0.4, -0.2) is 33.5 Å². The van der Waals surface area contributed by atoms with Gasteiger partial charge in [0, 0.05) is 11.6 Å². The van der Waals surface area contributed by atoms with Crippen LogP contribution in [0.3, 0.4) is 0 Å². The van der Waals surface area contributed by atoms with Gasteiger partial charge in [-0.2, -0.15) is 0 Å². The molecule has 1 amide bonds. The normalized spacial score (nSPS) is 12.0. The Labute approximate surface area is 207 Å². The van der Waals surface area contributed by atoms with Gasteiger partial charge in [-0.25, -0.2) is 0 Å². The number of anilines is 1. The van der Waals surface area contributed by atoms with Crippen LogP contribution in [0.1, 0.15) is 32.7 Å². The summed E-state index contributed by atoms with van der Waals surface area (Å²) in [5.74, 6) is 2.47. The second-order valence-electron chi connectivity index (χ2n) is 7.74. The second-order valence-corrected chi connectivity index (χ2v) is 9.53. The molecule has 7 nitrogen and oxygen atoms in total. The number of carbonyl (C=O) groups is 1. The topological polar surface area (TPSA) is 78.3 Å². The molecule has 10 heteroatoms. The molecule has 176 valence electrons. The summed E-state index contributed by atoms with van der Waals surface area (Å²) in [7, 11) is 1.62. The molecule has 0 aliphatic carbocycles. The van der Waals surface area contributed by atoms with E-state index >= 15 is 0 Å². The van der Waals surface area contributed by atoms with Crippen molar-refractivity contribution < 1.29 is 14.3 Å².